The molecule has 0 saturated heterocycles. The number of rotatable bonds is 6. The zero-order chi connectivity index (χ0) is 15.5. The number of hydrogen-bond donors (Lipinski definition) is 3. The van der Waals surface area contributed by atoms with Crippen LogP contribution in [0.2, 0.25) is 0 Å². The van der Waals surface area contributed by atoms with Crippen molar-refractivity contribution in [3.05, 3.63) is 24.0 Å². The average Bonchev–Trinajstić information content (AvgIpc) is 3.20. The molecule has 0 atom stereocenters. The smallest absolute Gasteiger partial charge is 0.319 e. The number of anilines is 1. The van der Waals surface area contributed by atoms with E-state index in [0.717, 1.165) is 12.8 Å². The Balaban J connectivity index is 1.88. The molecule has 1 saturated carbocycles. The largest absolute Gasteiger partial charge is 0.491 e. The van der Waals surface area contributed by atoms with Crippen molar-refractivity contribution in [3.63, 3.8) is 0 Å². The van der Waals surface area contributed by atoms with E-state index in [1.54, 1.807) is 6.07 Å². The summed E-state index contributed by atoms with van der Waals surface area (Å²) in [5.74, 6) is -0.128. The molecule has 0 aliphatic heterocycles. The SMILES string of the molecule is CC(C)Oc1ccc(NC(=O)NCC2(CO)CC2)c(F)c1. The van der Waals surface area contributed by atoms with Gasteiger partial charge >= 0.3 is 6.03 Å². The molecule has 2 amide bonds. The molecular formula is C15H21FN2O3. The molecule has 21 heavy (non-hydrogen) atoms. The quantitative estimate of drug-likeness (QED) is 0.755. The highest BCUT2D eigenvalue weighted by Crippen LogP contribution is 2.44. The maximum absolute atomic E-state index is 13.9. The normalized spacial score (nSPS) is 15.7. The van der Waals surface area contributed by atoms with Crippen LogP contribution in [-0.4, -0.2) is 30.4 Å². The summed E-state index contributed by atoms with van der Waals surface area (Å²) in [6, 6.07) is 3.83. The van der Waals surface area contributed by atoms with Crippen LogP contribution in [0.1, 0.15) is 26.7 Å². The van der Waals surface area contributed by atoms with Gasteiger partial charge in [-0.2, -0.15) is 0 Å². The predicted octanol–water partition coefficient (Wildman–Crippen LogP) is 2.51. The molecule has 1 aliphatic rings. The molecule has 0 radical (unpaired) electrons. The summed E-state index contributed by atoms with van der Waals surface area (Å²) in [6.07, 6.45) is 1.76. The minimum absolute atomic E-state index is 0.0419. The maximum Gasteiger partial charge on any atom is 0.319 e. The van der Waals surface area contributed by atoms with Gasteiger partial charge in [0, 0.05) is 18.0 Å². The van der Waals surface area contributed by atoms with Gasteiger partial charge in [-0.3, -0.25) is 0 Å². The van der Waals surface area contributed by atoms with E-state index >= 15 is 0 Å². The molecule has 3 N–H and O–H groups in total. The minimum atomic E-state index is -0.549. The molecular weight excluding hydrogens is 275 g/mol. The van der Waals surface area contributed by atoms with Crippen LogP contribution in [0.15, 0.2) is 18.2 Å². The number of halogens is 1. The lowest BCUT2D eigenvalue weighted by Gasteiger charge is -2.14. The molecule has 0 bridgehead atoms. The second kappa shape index (κ2) is 6.30. The summed E-state index contributed by atoms with van der Waals surface area (Å²) >= 11 is 0. The van der Waals surface area contributed by atoms with Crippen molar-refractivity contribution < 1.29 is 19.0 Å². The van der Waals surface area contributed by atoms with Gasteiger partial charge in [-0.1, -0.05) is 0 Å². The number of carbonyl (C=O) groups excluding carboxylic acids is 1. The molecule has 0 unspecified atom stereocenters. The summed E-state index contributed by atoms with van der Waals surface area (Å²) in [5, 5.41) is 14.3. The fraction of sp³-hybridized carbons (Fsp3) is 0.533. The van der Waals surface area contributed by atoms with E-state index in [-0.39, 0.29) is 23.8 Å². The Hall–Kier alpha value is -1.82. The Bertz CT molecular complexity index is 516. The molecule has 1 aromatic carbocycles. The summed E-state index contributed by atoms with van der Waals surface area (Å²) in [6.45, 7) is 4.16. The number of nitrogens with one attached hydrogen (secondary N) is 2. The lowest BCUT2D eigenvalue weighted by molar-refractivity contribution is 0.206. The standard InChI is InChI=1S/C15H21FN2O3/c1-10(2)21-11-3-4-13(12(16)7-11)18-14(20)17-8-15(9-19)5-6-15/h3-4,7,10,19H,5-6,8-9H2,1-2H3,(H2,17,18,20). The first-order chi connectivity index (χ1) is 9.94. The number of ether oxygens (including phenoxy) is 1. The van der Waals surface area contributed by atoms with Crippen LogP contribution in [-0.2, 0) is 0 Å². The Kier molecular flexibility index (Phi) is 4.67. The second-order valence-electron chi connectivity index (χ2n) is 5.77. The van der Waals surface area contributed by atoms with Crippen molar-refractivity contribution >= 4 is 11.7 Å². The van der Waals surface area contributed by atoms with Crippen LogP contribution in [0.5, 0.6) is 5.75 Å². The van der Waals surface area contributed by atoms with E-state index < -0.39 is 11.8 Å². The first-order valence-electron chi connectivity index (χ1n) is 7.06. The molecule has 1 fully saturated rings. The lowest BCUT2D eigenvalue weighted by Crippen LogP contribution is -2.35. The van der Waals surface area contributed by atoms with Crippen LogP contribution in [0.4, 0.5) is 14.9 Å². The summed E-state index contributed by atoms with van der Waals surface area (Å²) in [4.78, 5) is 11.7. The third kappa shape index (κ3) is 4.32. The molecule has 2 rings (SSSR count). The number of aliphatic hydroxyl groups is 1. The van der Waals surface area contributed by atoms with Gasteiger partial charge in [0.15, 0.2) is 0 Å². The van der Waals surface area contributed by atoms with E-state index in [1.165, 1.54) is 12.1 Å². The molecule has 0 spiro atoms. The first-order valence-corrected chi connectivity index (χ1v) is 7.06. The number of amides is 2. The Morgan fingerprint density at radius 3 is 2.71 bits per heavy atom. The lowest BCUT2D eigenvalue weighted by atomic mass is 10.1. The van der Waals surface area contributed by atoms with E-state index in [1.807, 2.05) is 13.8 Å². The summed E-state index contributed by atoms with van der Waals surface area (Å²) < 4.78 is 19.2. The van der Waals surface area contributed by atoms with Crippen molar-refractivity contribution in [1.29, 1.82) is 0 Å². The van der Waals surface area contributed by atoms with Crippen molar-refractivity contribution in [3.8, 4) is 5.75 Å². The van der Waals surface area contributed by atoms with Gasteiger partial charge in [-0.25, -0.2) is 9.18 Å². The third-order valence-electron chi connectivity index (χ3n) is 3.48. The topological polar surface area (TPSA) is 70.6 Å². The predicted molar refractivity (Wildman–Crippen MR) is 77.9 cm³/mol. The van der Waals surface area contributed by atoms with Gasteiger partial charge in [-0.15, -0.1) is 0 Å². The fourth-order valence-corrected chi connectivity index (χ4v) is 1.94. The highest BCUT2D eigenvalue weighted by Gasteiger charge is 2.42. The van der Waals surface area contributed by atoms with Crippen LogP contribution in [0.3, 0.4) is 0 Å². The number of benzene rings is 1. The molecule has 0 heterocycles. The average molecular weight is 296 g/mol. The zero-order valence-electron chi connectivity index (χ0n) is 12.3. The van der Waals surface area contributed by atoms with Crippen LogP contribution >= 0.6 is 0 Å². The highest BCUT2D eigenvalue weighted by molar-refractivity contribution is 5.89. The minimum Gasteiger partial charge on any atom is -0.491 e. The van der Waals surface area contributed by atoms with Gasteiger partial charge in [-0.05, 0) is 38.8 Å². The molecule has 1 aromatic rings. The van der Waals surface area contributed by atoms with E-state index in [4.69, 9.17) is 9.84 Å². The first kappa shape index (κ1) is 15.6. The van der Waals surface area contributed by atoms with Gasteiger partial charge in [0.05, 0.1) is 18.4 Å². The number of carbonyl (C=O) groups is 1. The van der Waals surface area contributed by atoms with Crippen molar-refractivity contribution in [1.82, 2.24) is 5.32 Å². The molecule has 5 nitrogen and oxygen atoms in total. The fourth-order valence-electron chi connectivity index (χ4n) is 1.94. The van der Waals surface area contributed by atoms with Crippen LogP contribution in [0.25, 0.3) is 0 Å². The van der Waals surface area contributed by atoms with Crippen LogP contribution in [0, 0.1) is 11.2 Å². The second-order valence-corrected chi connectivity index (χ2v) is 5.77. The number of aliphatic hydroxyl groups excluding tert-OH is 1. The van der Waals surface area contributed by atoms with Crippen LogP contribution < -0.4 is 15.4 Å². The van der Waals surface area contributed by atoms with Gasteiger partial charge in [0.1, 0.15) is 11.6 Å². The summed E-state index contributed by atoms with van der Waals surface area (Å²) in [7, 11) is 0. The van der Waals surface area contributed by atoms with E-state index in [2.05, 4.69) is 10.6 Å². The van der Waals surface area contributed by atoms with E-state index in [0.29, 0.717) is 12.3 Å². The number of hydrogen-bond acceptors (Lipinski definition) is 3. The zero-order valence-corrected chi connectivity index (χ0v) is 12.3. The Morgan fingerprint density at radius 1 is 1.48 bits per heavy atom. The molecule has 116 valence electrons. The molecule has 1 aliphatic carbocycles. The van der Waals surface area contributed by atoms with Gasteiger partial charge in [0.25, 0.3) is 0 Å². The van der Waals surface area contributed by atoms with Crippen molar-refractivity contribution in [2.45, 2.75) is 32.8 Å². The summed E-state index contributed by atoms with van der Waals surface area (Å²) in [5.41, 5.74) is -0.0809. The Labute approximate surface area is 123 Å². The number of urea groups is 1. The van der Waals surface area contributed by atoms with Gasteiger partial charge in [0.2, 0.25) is 0 Å². The Morgan fingerprint density at radius 2 is 2.19 bits per heavy atom. The van der Waals surface area contributed by atoms with Crippen molar-refractivity contribution in [2.24, 2.45) is 5.41 Å². The monoisotopic (exact) mass is 296 g/mol. The maximum atomic E-state index is 13.9. The van der Waals surface area contributed by atoms with E-state index in [9.17, 15) is 9.18 Å². The molecule has 6 heteroatoms. The molecule has 0 aromatic heterocycles. The highest BCUT2D eigenvalue weighted by atomic mass is 19.1. The van der Waals surface area contributed by atoms with Crippen molar-refractivity contribution in [2.75, 3.05) is 18.5 Å². The third-order valence-corrected chi connectivity index (χ3v) is 3.48. The van der Waals surface area contributed by atoms with Gasteiger partial charge < -0.3 is 20.5 Å².